The maximum atomic E-state index is 2.29. The molecule has 0 aliphatic carbocycles. The Balaban J connectivity index is 0.000000671. The molecule has 13 heavy (non-hydrogen) atoms. The zero-order valence-corrected chi connectivity index (χ0v) is 9.65. The van der Waals surface area contributed by atoms with Crippen molar-refractivity contribution in [2.24, 2.45) is 0 Å². The molecule has 0 nitrogen and oxygen atoms in total. The molecule has 0 aliphatic heterocycles. The van der Waals surface area contributed by atoms with Gasteiger partial charge < -0.3 is 0 Å². The van der Waals surface area contributed by atoms with E-state index in [0.717, 1.165) is 12.8 Å². The molecular weight excluding hydrogens is 156 g/mol. The Hall–Kier alpha value is -0.780. The molecule has 0 bridgehead atoms. The van der Waals surface area contributed by atoms with Crippen LogP contribution in [0.15, 0.2) is 18.2 Å². The van der Waals surface area contributed by atoms with Crippen molar-refractivity contribution in [3.8, 4) is 0 Å². The fourth-order valence-corrected chi connectivity index (χ4v) is 1.37. The van der Waals surface area contributed by atoms with Crippen LogP contribution in [0.25, 0.3) is 0 Å². The molecule has 0 amide bonds. The molecule has 0 N–H and O–H groups in total. The van der Waals surface area contributed by atoms with E-state index in [2.05, 4.69) is 39.0 Å². The number of rotatable bonds is 2. The minimum atomic E-state index is 1.14. The van der Waals surface area contributed by atoms with Crippen molar-refractivity contribution in [3.63, 3.8) is 0 Å². The van der Waals surface area contributed by atoms with E-state index in [9.17, 15) is 0 Å². The van der Waals surface area contributed by atoms with E-state index >= 15 is 0 Å². The Bertz CT molecular complexity index is 236. The molecular formula is C13H22. The lowest BCUT2D eigenvalue weighted by atomic mass is 10.0. The summed E-state index contributed by atoms with van der Waals surface area (Å²) in [4.78, 5) is 0. The highest BCUT2D eigenvalue weighted by molar-refractivity contribution is 5.30. The summed E-state index contributed by atoms with van der Waals surface area (Å²) >= 11 is 0. The van der Waals surface area contributed by atoms with E-state index in [1.165, 1.54) is 16.7 Å². The maximum Gasteiger partial charge on any atom is -0.0305 e. The Kier molecular flexibility index (Phi) is 6.30. The van der Waals surface area contributed by atoms with Crippen molar-refractivity contribution in [1.29, 1.82) is 0 Å². The predicted octanol–water partition coefficient (Wildman–Crippen LogP) is 4.15. The van der Waals surface area contributed by atoms with Gasteiger partial charge in [-0.15, -0.1) is 0 Å². The first-order valence-electron chi connectivity index (χ1n) is 5.36. The predicted molar refractivity (Wildman–Crippen MR) is 61.3 cm³/mol. The largest absolute Gasteiger partial charge is 0.0683 e. The van der Waals surface area contributed by atoms with Crippen molar-refractivity contribution in [2.45, 2.75) is 47.5 Å². The lowest BCUT2D eigenvalue weighted by Gasteiger charge is -2.04. The molecule has 0 saturated carbocycles. The van der Waals surface area contributed by atoms with Gasteiger partial charge in [0.15, 0.2) is 0 Å². The highest BCUT2D eigenvalue weighted by Gasteiger charge is 1.95. The van der Waals surface area contributed by atoms with Crippen LogP contribution in [0.1, 0.15) is 44.4 Å². The molecule has 1 aromatic carbocycles. The van der Waals surface area contributed by atoms with Gasteiger partial charge in [-0.2, -0.15) is 0 Å². The van der Waals surface area contributed by atoms with Crippen molar-refractivity contribution in [2.75, 3.05) is 0 Å². The first kappa shape index (κ1) is 12.2. The van der Waals surface area contributed by atoms with E-state index < -0.39 is 0 Å². The standard InChI is InChI=1S/C11H16.C2H6/c1-4-10-6-7-11(5-2)9(3)8-10;1-2/h6-8H,4-5H2,1-3H3;1-2H3. The lowest BCUT2D eigenvalue weighted by Crippen LogP contribution is -1.88. The SMILES string of the molecule is CC.CCc1ccc(CC)c(C)c1. The molecule has 0 heteroatoms. The van der Waals surface area contributed by atoms with Crippen LogP contribution in [-0.4, -0.2) is 0 Å². The van der Waals surface area contributed by atoms with Gasteiger partial charge in [-0.25, -0.2) is 0 Å². The van der Waals surface area contributed by atoms with E-state index in [-0.39, 0.29) is 0 Å². The van der Waals surface area contributed by atoms with Crippen molar-refractivity contribution in [3.05, 3.63) is 34.9 Å². The van der Waals surface area contributed by atoms with Crippen LogP contribution in [0.4, 0.5) is 0 Å². The van der Waals surface area contributed by atoms with Gasteiger partial charge in [0, 0.05) is 0 Å². The molecule has 1 rings (SSSR count). The molecule has 0 fully saturated rings. The molecule has 74 valence electrons. The van der Waals surface area contributed by atoms with Crippen LogP contribution in [-0.2, 0) is 12.8 Å². The summed E-state index contributed by atoms with van der Waals surface area (Å²) in [7, 11) is 0. The number of aryl methyl sites for hydroxylation is 3. The summed E-state index contributed by atoms with van der Waals surface area (Å²) in [6, 6.07) is 6.76. The molecule has 1 aromatic rings. The molecule has 0 heterocycles. The Morgan fingerprint density at radius 3 is 2.00 bits per heavy atom. The average molecular weight is 178 g/mol. The first-order valence-corrected chi connectivity index (χ1v) is 5.36. The third-order valence-corrected chi connectivity index (χ3v) is 2.20. The highest BCUT2D eigenvalue weighted by Crippen LogP contribution is 2.11. The van der Waals surface area contributed by atoms with Crippen LogP contribution >= 0.6 is 0 Å². The molecule has 0 saturated heterocycles. The second kappa shape index (κ2) is 6.71. The Labute approximate surface area is 83.0 Å². The van der Waals surface area contributed by atoms with Crippen molar-refractivity contribution < 1.29 is 0 Å². The Morgan fingerprint density at radius 2 is 1.62 bits per heavy atom. The molecule has 0 spiro atoms. The Morgan fingerprint density at radius 1 is 1.00 bits per heavy atom. The van der Waals surface area contributed by atoms with Gasteiger partial charge in [0.1, 0.15) is 0 Å². The van der Waals surface area contributed by atoms with Gasteiger partial charge in [0.25, 0.3) is 0 Å². The van der Waals surface area contributed by atoms with Gasteiger partial charge in [-0.3, -0.25) is 0 Å². The molecule has 0 radical (unpaired) electrons. The fourth-order valence-electron chi connectivity index (χ4n) is 1.37. The third-order valence-electron chi connectivity index (χ3n) is 2.20. The normalized spacial score (nSPS) is 9.00. The zero-order valence-electron chi connectivity index (χ0n) is 9.65. The smallest absolute Gasteiger partial charge is 0.0305 e. The summed E-state index contributed by atoms with van der Waals surface area (Å²) in [5, 5.41) is 0. The summed E-state index contributed by atoms with van der Waals surface area (Å²) in [6.07, 6.45) is 2.29. The summed E-state index contributed by atoms with van der Waals surface area (Å²) in [5.74, 6) is 0. The number of benzene rings is 1. The third kappa shape index (κ3) is 3.63. The van der Waals surface area contributed by atoms with Crippen molar-refractivity contribution in [1.82, 2.24) is 0 Å². The number of hydrogen-bond acceptors (Lipinski definition) is 0. The van der Waals surface area contributed by atoms with Crippen LogP contribution in [0, 0.1) is 6.92 Å². The van der Waals surface area contributed by atoms with Gasteiger partial charge in [0.05, 0.1) is 0 Å². The van der Waals surface area contributed by atoms with Crippen LogP contribution in [0.3, 0.4) is 0 Å². The summed E-state index contributed by atoms with van der Waals surface area (Å²) in [6.45, 7) is 10.6. The lowest BCUT2D eigenvalue weighted by molar-refractivity contribution is 1.07. The minimum Gasteiger partial charge on any atom is -0.0683 e. The fraction of sp³-hybridized carbons (Fsp3) is 0.538. The molecule has 0 atom stereocenters. The second-order valence-electron chi connectivity index (χ2n) is 2.97. The van der Waals surface area contributed by atoms with E-state index in [1.54, 1.807) is 0 Å². The van der Waals surface area contributed by atoms with Crippen LogP contribution < -0.4 is 0 Å². The highest BCUT2D eigenvalue weighted by atomic mass is 14.0. The van der Waals surface area contributed by atoms with Crippen molar-refractivity contribution >= 4 is 0 Å². The number of hydrogen-bond donors (Lipinski definition) is 0. The molecule has 0 unspecified atom stereocenters. The van der Waals surface area contributed by atoms with Gasteiger partial charge >= 0.3 is 0 Å². The van der Waals surface area contributed by atoms with Gasteiger partial charge in [0.2, 0.25) is 0 Å². The van der Waals surface area contributed by atoms with E-state index in [1.807, 2.05) is 13.8 Å². The zero-order chi connectivity index (χ0) is 10.3. The van der Waals surface area contributed by atoms with Crippen LogP contribution in [0.2, 0.25) is 0 Å². The summed E-state index contributed by atoms with van der Waals surface area (Å²) < 4.78 is 0. The molecule has 0 aromatic heterocycles. The minimum absolute atomic E-state index is 1.14. The quantitative estimate of drug-likeness (QED) is 0.638. The van der Waals surface area contributed by atoms with E-state index in [0.29, 0.717) is 0 Å². The van der Waals surface area contributed by atoms with Crippen LogP contribution in [0.5, 0.6) is 0 Å². The van der Waals surface area contributed by atoms with E-state index in [4.69, 9.17) is 0 Å². The topological polar surface area (TPSA) is 0 Å². The maximum absolute atomic E-state index is 2.29. The average Bonchev–Trinajstić information content (AvgIpc) is 2.20. The van der Waals surface area contributed by atoms with Gasteiger partial charge in [-0.1, -0.05) is 45.9 Å². The first-order chi connectivity index (χ1) is 6.27. The molecule has 0 aliphatic rings. The second-order valence-corrected chi connectivity index (χ2v) is 2.97. The summed E-state index contributed by atoms with van der Waals surface area (Å²) in [5.41, 5.74) is 4.36. The monoisotopic (exact) mass is 178 g/mol. The van der Waals surface area contributed by atoms with Gasteiger partial charge in [-0.05, 0) is 36.5 Å².